The molecule has 2 heteroatoms. The Morgan fingerprint density at radius 3 is 2.92 bits per heavy atom. The number of thiophene rings is 1. The molecule has 64 valence electrons. The maximum Gasteiger partial charge on any atom is 0.254 e. The highest BCUT2D eigenvalue weighted by molar-refractivity contribution is 7.12. The van der Waals surface area contributed by atoms with Crippen LogP contribution in [0.4, 0.5) is 0 Å². The van der Waals surface area contributed by atoms with E-state index in [1.165, 1.54) is 16.2 Å². The molecular formula is C10H13NS. The summed E-state index contributed by atoms with van der Waals surface area (Å²) in [7, 11) is 0. The molecule has 1 heterocycles. The average Bonchev–Trinajstić information content (AvgIpc) is 2.52. The van der Waals surface area contributed by atoms with Gasteiger partial charge >= 0.3 is 0 Å². The quantitative estimate of drug-likeness (QED) is 0.623. The zero-order chi connectivity index (χ0) is 8.97. The van der Waals surface area contributed by atoms with Crippen LogP contribution in [-0.4, -0.2) is 0 Å². The van der Waals surface area contributed by atoms with Crippen LogP contribution in [0.3, 0.4) is 0 Å². The summed E-state index contributed by atoms with van der Waals surface area (Å²) in [6, 6.07) is 4.27. The molecule has 0 aromatic carbocycles. The lowest BCUT2D eigenvalue weighted by Gasteiger charge is -1.92. The highest BCUT2D eigenvalue weighted by Crippen LogP contribution is 2.26. The predicted octanol–water partition coefficient (Wildman–Crippen LogP) is 3.68. The van der Waals surface area contributed by atoms with Crippen molar-refractivity contribution in [3.05, 3.63) is 33.3 Å². The van der Waals surface area contributed by atoms with Crippen LogP contribution in [0, 0.1) is 6.57 Å². The third-order valence-corrected chi connectivity index (χ3v) is 3.10. The molecule has 0 aliphatic carbocycles. The molecule has 0 aliphatic rings. The monoisotopic (exact) mass is 179 g/mol. The summed E-state index contributed by atoms with van der Waals surface area (Å²) in [6.07, 6.45) is 2.34. The standard InChI is InChI=1S/C10H13NS/c1-4-5-9-6-7-10(12-9)8(2)11-3/h6-8H,4-5H2,1-2H3. The summed E-state index contributed by atoms with van der Waals surface area (Å²) in [4.78, 5) is 6.10. The van der Waals surface area contributed by atoms with E-state index in [1.807, 2.05) is 6.92 Å². The van der Waals surface area contributed by atoms with Crippen molar-refractivity contribution in [3.8, 4) is 0 Å². The molecule has 1 unspecified atom stereocenters. The van der Waals surface area contributed by atoms with E-state index in [2.05, 4.69) is 23.9 Å². The third-order valence-electron chi connectivity index (χ3n) is 1.78. The normalized spacial score (nSPS) is 12.4. The number of hydrogen-bond acceptors (Lipinski definition) is 1. The molecule has 0 fully saturated rings. The first kappa shape index (κ1) is 9.28. The molecule has 0 saturated carbocycles. The second-order valence-electron chi connectivity index (χ2n) is 2.86. The Morgan fingerprint density at radius 1 is 1.58 bits per heavy atom. The van der Waals surface area contributed by atoms with Crippen molar-refractivity contribution >= 4 is 11.3 Å². The predicted molar refractivity (Wildman–Crippen MR) is 53.3 cm³/mol. The highest BCUT2D eigenvalue weighted by Gasteiger charge is 2.10. The number of hydrogen-bond donors (Lipinski definition) is 0. The lowest BCUT2D eigenvalue weighted by atomic mass is 10.2. The molecule has 0 radical (unpaired) electrons. The van der Waals surface area contributed by atoms with Crippen molar-refractivity contribution in [2.45, 2.75) is 32.7 Å². The van der Waals surface area contributed by atoms with Gasteiger partial charge in [0, 0.05) is 11.8 Å². The van der Waals surface area contributed by atoms with Gasteiger partial charge in [-0.3, -0.25) is 0 Å². The molecule has 1 aromatic heterocycles. The van der Waals surface area contributed by atoms with Crippen molar-refractivity contribution < 1.29 is 0 Å². The molecular weight excluding hydrogens is 166 g/mol. The Kier molecular flexibility index (Phi) is 3.31. The summed E-state index contributed by atoms with van der Waals surface area (Å²) >= 11 is 1.78. The Labute approximate surface area is 77.9 Å². The van der Waals surface area contributed by atoms with Crippen LogP contribution in [-0.2, 0) is 6.42 Å². The van der Waals surface area contributed by atoms with E-state index in [4.69, 9.17) is 6.57 Å². The molecule has 0 bridgehead atoms. The van der Waals surface area contributed by atoms with Gasteiger partial charge in [0.05, 0.1) is 4.88 Å². The fraction of sp³-hybridized carbons (Fsp3) is 0.500. The van der Waals surface area contributed by atoms with Gasteiger partial charge < -0.3 is 4.85 Å². The van der Waals surface area contributed by atoms with E-state index in [-0.39, 0.29) is 6.04 Å². The highest BCUT2D eigenvalue weighted by atomic mass is 32.1. The van der Waals surface area contributed by atoms with Gasteiger partial charge in [0.2, 0.25) is 0 Å². The Bertz CT molecular complexity index is 282. The van der Waals surface area contributed by atoms with E-state index in [1.54, 1.807) is 11.3 Å². The Morgan fingerprint density at radius 2 is 2.33 bits per heavy atom. The van der Waals surface area contributed by atoms with Crippen LogP contribution in [0.1, 0.15) is 36.1 Å². The van der Waals surface area contributed by atoms with Crippen molar-refractivity contribution in [1.29, 1.82) is 0 Å². The van der Waals surface area contributed by atoms with Crippen molar-refractivity contribution in [1.82, 2.24) is 0 Å². The fourth-order valence-corrected chi connectivity index (χ4v) is 2.17. The van der Waals surface area contributed by atoms with Crippen LogP contribution in [0.25, 0.3) is 4.85 Å². The van der Waals surface area contributed by atoms with Gasteiger partial charge in [-0.2, -0.15) is 0 Å². The van der Waals surface area contributed by atoms with E-state index >= 15 is 0 Å². The Balaban J connectivity index is 2.71. The molecule has 0 saturated heterocycles. The van der Waals surface area contributed by atoms with Crippen LogP contribution in [0.5, 0.6) is 0 Å². The van der Waals surface area contributed by atoms with Crippen molar-refractivity contribution in [2.24, 2.45) is 0 Å². The van der Waals surface area contributed by atoms with Crippen LogP contribution >= 0.6 is 11.3 Å². The summed E-state index contributed by atoms with van der Waals surface area (Å²) in [5, 5.41) is 0. The molecule has 0 amide bonds. The van der Waals surface area contributed by atoms with Crippen LogP contribution in [0.2, 0.25) is 0 Å². The number of aryl methyl sites for hydroxylation is 1. The van der Waals surface area contributed by atoms with Gasteiger partial charge in [-0.1, -0.05) is 13.3 Å². The minimum atomic E-state index is 0.0422. The molecule has 1 atom stereocenters. The van der Waals surface area contributed by atoms with Crippen LogP contribution in [0.15, 0.2) is 12.1 Å². The first-order valence-electron chi connectivity index (χ1n) is 4.23. The fourth-order valence-electron chi connectivity index (χ4n) is 1.06. The minimum Gasteiger partial charge on any atom is -0.308 e. The van der Waals surface area contributed by atoms with E-state index in [9.17, 15) is 0 Å². The van der Waals surface area contributed by atoms with Gasteiger partial charge in [-0.05, 0) is 18.6 Å². The first-order valence-corrected chi connectivity index (χ1v) is 5.04. The van der Waals surface area contributed by atoms with E-state index < -0.39 is 0 Å². The number of rotatable bonds is 3. The lowest BCUT2D eigenvalue weighted by molar-refractivity contribution is 0.940. The third kappa shape index (κ3) is 2.09. The molecule has 0 aliphatic heterocycles. The van der Waals surface area contributed by atoms with Gasteiger partial charge in [-0.25, -0.2) is 6.57 Å². The molecule has 1 nitrogen and oxygen atoms in total. The molecule has 1 rings (SSSR count). The van der Waals surface area contributed by atoms with Crippen molar-refractivity contribution in [2.75, 3.05) is 0 Å². The summed E-state index contributed by atoms with van der Waals surface area (Å²) in [5.74, 6) is 0. The molecule has 0 spiro atoms. The molecule has 0 N–H and O–H groups in total. The zero-order valence-electron chi connectivity index (χ0n) is 7.50. The number of nitrogens with zero attached hydrogens (tertiary/aromatic N) is 1. The van der Waals surface area contributed by atoms with E-state index in [0.717, 1.165) is 6.42 Å². The smallest absolute Gasteiger partial charge is 0.254 e. The first-order chi connectivity index (χ1) is 5.77. The maximum absolute atomic E-state index is 6.89. The topological polar surface area (TPSA) is 4.36 Å². The lowest BCUT2D eigenvalue weighted by Crippen LogP contribution is -1.78. The largest absolute Gasteiger partial charge is 0.308 e. The second kappa shape index (κ2) is 4.27. The van der Waals surface area contributed by atoms with Crippen molar-refractivity contribution in [3.63, 3.8) is 0 Å². The van der Waals surface area contributed by atoms with Gasteiger partial charge in [0.1, 0.15) is 0 Å². The Hall–Kier alpha value is -0.810. The molecule has 1 aromatic rings. The van der Waals surface area contributed by atoms with Gasteiger partial charge in [0.25, 0.3) is 6.04 Å². The zero-order valence-corrected chi connectivity index (χ0v) is 8.32. The second-order valence-corrected chi connectivity index (χ2v) is 4.06. The SMILES string of the molecule is [C-]#[N+]C(C)c1ccc(CCC)s1. The molecule has 12 heavy (non-hydrogen) atoms. The summed E-state index contributed by atoms with van der Waals surface area (Å²) in [6.45, 7) is 11.0. The maximum atomic E-state index is 6.89. The average molecular weight is 179 g/mol. The van der Waals surface area contributed by atoms with Crippen LogP contribution < -0.4 is 0 Å². The summed E-state index contributed by atoms with van der Waals surface area (Å²) in [5.41, 5.74) is 0. The van der Waals surface area contributed by atoms with Gasteiger partial charge in [-0.15, -0.1) is 11.3 Å². The van der Waals surface area contributed by atoms with Gasteiger partial charge in [0.15, 0.2) is 0 Å². The summed E-state index contributed by atoms with van der Waals surface area (Å²) < 4.78 is 0. The van der Waals surface area contributed by atoms with E-state index in [0.29, 0.717) is 0 Å². The minimum absolute atomic E-state index is 0.0422.